The van der Waals surface area contributed by atoms with Gasteiger partial charge in [0.05, 0.1) is 19.3 Å². The molecule has 0 aromatic rings. The zero-order valence-corrected chi connectivity index (χ0v) is 12.9. The van der Waals surface area contributed by atoms with E-state index in [1.165, 1.54) is 0 Å². The minimum absolute atomic E-state index is 0.159. The highest BCUT2D eigenvalue weighted by Gasteiger charge is 2.35. The van der Waals surface area contributed by atoms with E-state index in [9.17, 15) is 0 Å². The van der Waals surface area contributed by atoms with Crippen LogP contribution in [-0.4, -0.2) is 26.4 Å². The Bertz CT molecular complexity index is 189. The predicted molar refractivity (Wildman–Crippen MR) is 74.3 cm³/mol. The summed E-state index contributed by atoms with van der Waals surface area (Å²) in [4.78, 5) is 0. The van der Waals surface area contributed by atoms with Crippen molar-refractivity contribution < 1.29 is 9.47 Å². The molecule has 0 saturated carbocycles. The first kappa shape index (κ1) is 16.9. The summed E-state index contributed by atoms with van der Waals surface area (Å²) in [5.74, 6) is 1.25. The van der Waals surface area contributed by atoms with Crippen molar-refractivity contribution in [2.24, 2.45) is 17.3 Å². The van der Waals surface area contributed by atoms with Gasteiger partial charge in [0.15, 0.2) is 0 Å². The van der Waals surface area contributed by atoms with Gasteiger partial charge in [-0.05, 0) is 31.6 Å². The van der Waals surface area contributed by atoms with Crippen molar-refractivity contribution in [2.45, 2.75) is 60.5 Å². The number of hydrogen-bond acceptors (Lipinski definition) is 2. The van der Waals surface area contributed by atoms with Crippen molar-refractivity contribution in [1.29, 1.82) is 0 Å². The van der Waals surface area contributed by atoms with Crippen LogP contribution in [0.15, 0.2) is 0 Å². The second kappa shape index (κ2) is 8.10. The molecule has 0 aromatic heterocycles. The van der Waals surface area contributed by atoms with Crippen LogP contribution in [0.1, 0.15) is 54.4 Å². The first-order chi connectivity index (χ1) is 7.88. The normalized spacial score (nSPS) is 17.5. The largest absolute Gasteiger partial charge is 0.384 e. The third-order valence-electron chi connectivity index (χ3n) is 3.70. The summed E-state index contributed by atoms with van der Waals surface area (Å²) in [6.07, 6.45) is 2.58. The van der Waals surface area contributed by atoms with E-state index in [1.807, 2.05) is 0 Å². The topological polar surface area (TPSA) is 18.5 Å². The van der Waals surface area contributed by atoms with Crippen LogP contribution in [0.4, 0.5) is 0 Å². The first-order valence-electron chi connectivity index (χ1n) is 6.98. The van der Waals surface area contributed by atoms with Crippen molar-refractivity contribution in [3.05, 3.63) is 0 Å². The molecule has 2 heteroatoms. The molecule has 0 saturated heterocycles. The summed E-state index contributed by atoms with van der Waals surface area (Å²) in [6.45, 7) is 15.0. The van der Waals surface area contributed by atoms with Gasteiger partial charge in [-0.2, -0.15) is 0 Å². The average Bonchev–Trinajstić information content (AvgIpc) is 2.24. The third kappa shape index (κ3) is 5.87. The Morgan fingerprint density at radius 1 is 1.00 bits per heavy atom. The highest BCUT2D eigenvalue weighted by atomic mass is 16.5. The fourth-order valence-electron chi connectivity index (χ4n) is 2.26. The second-order valence-corrected chi connectivity index (χ2v) is 6.08. The van der Waals surface area contributed by atoms with Gasteiger partial charge in [0.2, 0.25) is 0 Å². The lowest BCUT2D eigenvalue weighted by Crippen LogP contribution is -2.39. The van der Waals surface area contributed by atoms with Crippen LogP contribution in [0.2, 0.25) is 0 Å². The maximum atomic E-state index is 5.99. The molecule has 0 N–H and O–H groups in total. The lowest BCUT2D eigenvalue weighted by Gasteiger charge is -2.39. The summed E-state index contributed by atoms with van der Waals surface area (Å²) in [6, 6.07) is 0. The smallest absolute Gasteiger partial charge is 0.0550 e. The van der Waals surface area contributed by atoms with E-state index >= 15 is 0 Å². The minimum Gasteiger partial charge on any atom is -0.384 e. The van der Waals surface area contributed by atoms with E-state index in [2.05, 4.69) is 41.5 Å². The van der Waals surface area contributed by atoms with Gasteiger partial charge in [0.25, 0.3) is 0 Å². The second-order valence-electron chi connectivity index (χ2n) is 6.08. The Morgan fingerprint density at radius 2 is 1.59 bits per heavy atom. The molecule has 0 aliphatic carbocycles. The van der Waals surface area contributed by atoms with Crippen LogP contribution in [0.3, 0.4) is 0 Å². The van der Waals surface area contributed by atoms with Crippen LogP contribution < -0.4 is 0 Å². The Labute approximate surface area is 108 Å². The summed E-state index contributed by atoms with van der Waals surface area (Å²) in [5.41, 5.74) is 0.159. The molecule has 2 atom stereocenters. The molecule has 0 fully saturated rings. The van der Waals surface area contributed by atoms with Crippen molar-refractivity contribution in [2.75, 3.05) is 20.3 Å². The predicted octanol–water partition coefficient (Wildman–Crippen LogP) is 4.14. The lowest BCUT2D eigenvalue weighted by atomic mass is 9.72. The molecule has 0 spiro atoms. The summed E-state index contributed by atoms with van der Waals surface area (Å²) in [5, 5.41) is 0. The van der Waals surface area contributed by atoms with E-state index < -0.39 is 0 Å². The fraction of sp³-hybridized carbons (Fsp3) is 1.00. The number of ether oxygens (including phenoxy) is 2. The number of hydrogen-bond donors (Lipinski definition) is 0. The molecule has 17 heavy (non-hydrogen) atoms. The van der Waals surface area contributed by atoms with E-state index in [4.69, 9.17) is 9.47 Å². The number of rotatable bonds is 9. The van der Waals surface area contributed by atoms with E-state index in [0.717, 1.165) is 26.1 Å². The molecular weight excluding hydrogens is 212 g/mol. The van der Waals surface area contributed by atoms with Crippen molar-refractivity contribution in [1.82, 2.24) is 0 Å². The summed E-state index contributed by atoms with van der Waals surface area (Å²) < 4.78 is 11.4. The highest BCUT2D eigenvalue weighted by molar-refractivity contribution is 4.83. The first-order valence-corrected chi connectivity index (χ1v) is 6.98. The molecule has 2 nitrogen and oxygen atoms in total. The summed E-state index contributed by atoms with van der Waals surface area (Å²) in [7, 11) is 1.79. The molecule has 0 radical (unpaired) electrons. The van der Waals surface area contributed by atoms with Crippen LogP contribution in [0.5, 0.6) is 0 Å². The van der Waals surface area contributed by atoms with Crippen molar-refractivity contribution >= 4 is 0 Å². The van der Waals surface area contributed by atoms with E-state index in [0.29, 0.717) is 17.9 Å². The van der Waals surface area contributed by atoms with Crippen LogP contribution in [-0.2, 0) is 9.47 Å². The standard InChI is InChI=1S/C15H32O2/c1-8-14(6)17-11-15(10-16-7,13(4)5)9-12(2)3/h12-14H,8-11H2,1-7H3. The van der Waals surface area contributed by atoms with Gasteiger partial charge in [0, 0.05) is 12.5 Å². The van der Waals surface area contributed by atoms with Gasteiger partial charge in [0.1, 0.15) is 0 Å². The maximum Gasteiger partial charge on any atom is 0.0550 e. The molecule has 104 valence electrons. The number of methoxy groups -OCH3 is 1. The third-order valence-corrected chi connectivity index (χ3v) is 3.70. The van der Waals surface area contributed by atoms with Gasteiger partial charge in [-0.3, -0.25) is 0 Å². The molecule has 0 bridgehead atoms. The maximum absolute atomic E-state index is 5.99. The van der Waals surface area contributed by atoms with Gasteiger partial charge in [-0.1, -0.05) is 34.6 Å². The highest BCUT2D eigenvalue weighted by Crippen LogP contribution is 2.36. The van der Waals surface area contributed by atoms with E-state index in [-0.39, 0.29) is 5.41 Å². The average molecular weight is 244 g/mol. The van der Waals surface area contributed by atoms with Gasteiger partial charge in [-0.15, -0.1) is 0 Å². The monoisotopic (exact) mass is 244 g/mol. The molecule has 0 aliphatic rings. The Balaban J connectivity index is 4.65. The van der Waals surface area contributed by atoms with Crippen LogP contribution in [0.25, 0.3) is 0 Å². The molecule has 2 unspecified atom stereocenters. The molecule has 0 amide bonds. The van der Waals surface area contributed by atoms with Crippen molar-refractivity contribution in [3.63, 3.8) is 0 Å². The molecule has 0 aromatic carbocycles. The van der Waals surface area contributed by atoms with Gasteiger partial charge >= 0.3 is 0 Å². The van der Waals surface area contributed by atoms with E-state index in [1.54, 1.807) is 7.11 Å². The van der Waals surface area contributed by atoms with Crippen LogP contribution >= 0.6 is 0 Å². The summed E-state index contributed by atoms with van der Waals surface area (Å²) >= 11 is 0. The lowest BCUT2D eigenvalue weighted by molar-refractivity contribution is -0.0691. The molecular formula is C15H32O2. The van der Waals surface area contributed by atoms with Gasteiger partial charge < -0.3 is 9.47 Å². The van der Waals surface area contributed by atoms with Gasteiger partial charge in [-0.25, -0.2) is 0 Å². The zero-order chi connectivity index (χ0) is 13.5. The SMILES string of the molecule is CCC(C)OCC(COC)(CC(C)C)C(C)C. The van der Waals surface area contributed by atoms with Crippen molar-refractivity contribution in [3.8, 4) is 0 Å². The molecule has 0 rings (SSSR count). The van der Waals surface area contributed by atoms with Crippen LogP contribution in [0, 0.1) is 17.3 Å². The Morgan fingerprint density at radius 3 is 1.94 bits per heavy atom. The Hall–Kier alpha value is -0.0800. The molecule has 0 aliphatic heterocycles. The quantitative estimate of drug-likeness (QED) is 0.607. The Kier molecular flexibility index (Phi) is 8.06. The minimum atomic E-state index is 0.159. The molecule has 0 heterocycles. The zero-order valence-electron chi connectivity index (χ0n) is 12.9. The fourth-order valence-corrected chi connectivity index (χ4v) is 2.26.